The predicted octanol–water partition coefficient (Wildman–Crippen LogP) is 6.96. The average Bonchev–Trinajstić information content (AvgIpc) is 2.89. The van der Waals surface area contributed by atoms with Crippen LogP contribution in [-0.2, 0) is 6.61 Å². The summed E-state index contributed by atoms with van der Waals surface area (Å²) in [6.07, 6.45) is 0. The van der Waals surface area contributed by atoms with Gasteiger partial charge in [-0.05, 0) is 73.0 Å². The van der Waals surface area contributed by atoms with Crippen LogP contribution < -0.4 is 14.8 Å². The van der Waals surface area contributed by atoms with Crippen LogP contribution in [0, 0.1) is 5.82 Å². The van der Waals surface area contributed by atoms with Crippen molar-refractivity contribution in [1.29, 1.82) is 0 Å². The fraction of sp³-hybridized carbons (Fsp3) is 0.167. The van der Waals surface area contributed by atoms with Gasteiger partial charge in [-0.25, -0.2) is 4.39 Å². The van der Waals surface area contributed by atoms with Crippen molar-refractivity contribution in [3.8, 4) is 22.6 Å². The molecule has 0 saturated heterocycles. The van der Waals surface area contributed by atoms with E-state index in [0.717, 1.165) is 28.0 Å². The molecule has 0 aliphatic heterocycles. The fourth-order valence-electron chi connectivity index (χ4n) is 3.78. The molecule has 0 fully saturated rings. The maximum atomic E-state index is 13.2. The molecule has 0 aliphatic rings. The number of halogens is 1. The number of amides is 1. The average molecular weight is 470 g/mol. The second-order valence-electron chi connectivity index (χ2n) is 8.18. The van der Waals surface area contributed by atoms with E-state index in [-0.39, 0.29) is 24.4 Å². The van der Waals surface area contributed by atoms with E-state index in [0.29, 0.717) is 17.9 Å². The Hall–Kier alpha value is -4.12. The van der Waals surface area contributed by atoms with E-state index in [9.17, 15) is 9.18 Å². The quantitative estimate of drug-likeness (QED) is 0.288. The monoisotopic (exact) mass is 469 g/mol. The number of hydrogen-bond donors (Lipinski definition) is 1. The Balaban J connectivity index is 1.45. The molecule has 4 rings (SSSR count). The van der Waals surface area contributed by atoms with Crippen LogP contribution >= 0.6 is 0 Å². The number of rotatable bonds is 9. The first kappa shape index (κ1) is 24.0. The lowest BCUT2D eigenvalue weighted by molar-refractivity contribution is 0.0939. The summed E-state index contributed by atoms with van der Waals surface area (Å²) >= 11 is 0. The lowest BCUT2D eigenvalue weighted by atomic mass is 10.1. The van der Waals surface area contributed by atoms with Crippen molar-refractivity contribution in [3.63, 3.8) is 0 Å². The molecular formula is C30H28FNO3. The molecule has 0 saturated carbocycles. The van der Waals surface area contributed by atoms with Crippen LogP contribution in [0.5, 0.6) is 11.5 Å². The van der Waals surface area contributed by atoms with Crippen molar-refractivity contribution in [2.75, 3.05) is 6.61 Å². The largest absolute Gasteiger partial charge is 0.493 e. The molecule has 4 nitrogen and oxygen atoms in total. The highest BCUT2D eigenvalue weighted by Gasteiger charge is 2.15. The molecule has 4 aromatic carbocycles. The van der Waals surface area contributed by atoms with Gasteiger partial charge in [0.05, 0.1) is 12.6 Å². The predicted molar refractivity (Wildman–Crippen MR) is 136 cm³/mol. The van der Waals surface area contributed by atoms with Crippen LogP contribution in [0.15, 0.2) is 97.1 Å². The Labute approximate surface area is 205 Å². The van der Waals surface area contributed by atoms with E-state index >= 15 is 0 Å². The fourth-order valence-corrected chi connectivity index (χ4v) is 3.78. The summed E-state index contributed by atoms with van der Waals surface area (Å²) in [5, 5.41) is 2.96. The van der Waals surface area contributed by atoms with Gasteiger partial charge in [-0.2, -0.15) is 0 Å². The number of benzene rings is 4. The van der Waals surface area contributed by atoms with Gasteiger partial charge in [0.1, 0.15) is 23.9 Å². The van der Waals surface area contributed by atoms with Crippen molar-refractivity contribution in [2.45, 2.75) is 26.5 Å². The van der Waals surface area contributed by atoms with Gasteiger partial charge in [0, 0.05) is 11.1 Å². The Morgan fingerprint density at radius 2 is 1.54 bits per heavy atom. The van der Waals surface area contributed by atoms with Crippen molar-refractivity contribution in [1.82, 2.24) is 5.32 Å². The smallest absolute Gasteiger partial charge is 0.251 e. The maximum Gasteiger partial charge on any atom is 0.251 e. The van der Waals surface area contributed by atoms with Gasteiger partial charge in [-0.15, -0.1) is 0 Å². The van der Waals surface area contributed by atoms with Crippen LogP contribution in [0.1, 0.15) is 41.4 Å². The third kappa shape index (κ3) is 6.27. The summed E-state index contributed by atoms with van der Waals surface area (Å²) in [5.41, 5.74) is 4.36. The molecule has 0 aliphatic carbocycles. The van der Waals surface area contributed by atoms with Gasteiger partial charge in [-0.1, -0.05) is 54.6 Å². The summed E-state index contributed by atoms with van der Waals surface area (Å²) in [7, 11) is 0. The first-order valence-electron chi connectivity index (χ1n) is 11.6. The summed E-state index contributed by atoms with van der Waals surface area (Å²) < 4.78 is 25.0. The number of ether oxygens (including phenoxy) is 2. The number of nitrogens with one attached hydrogen (secondary N) is 1. The minimum absolute atomic E-state index is 0.224. The number of carbonyl (C=O) groups excluding carboxylic acids is 1. The molecular weight excluding hydrogens is 441 g/mol. The standard InChI is InChI=1S/C30H28FNO3/c1-3-34-29-18-13-25(30(33)32-21(2)22-9-14-27(31)15-10-22)19-26(29)20-35-28-16-11-24(12-17-28)23-7-5-4-6-8-23/h4-19,21H,3,20H2,1-2H3,(H,32,33). The van der Waals surface area contributed by atoms with Crippen molar-refractivity contribution in [3.05, 3.63) is 120 Å². The Kier molecular flexibility index (Phi) is 7.78. The SMILES string of the molecule is CCOc1ccc(C(=O)NC(C)c2ccc(F)cc2)cc1COc1ccc(-c2ccccc2)cc1. The molecule has 5 heteroatoms. The van der Waals surface area contributed by atoms with E-state index in [1.807, 2.05) is 56.3 Å². The van der Waals surface area contributed by atoms with E-state index in [1.165, 1.54) is 12.1 Å². The normalized spacial score (nSPS) is 11.5. The molecule has 1 N–H and O–H groups in total. The van der Waals surface area contributed by atoms with Crippen LogP contribution in [-0.4, -0.2) is 12.5 Å². The number of carbonyl (C=O) groups is 1. The maximum absolute atomic E-state index is 13.2. The Morgan fingerprint density at radius 1 is 0.857 bits per heavy atom. The summed E-state index contributed by atoms with van der Waals surface area (Å²) in [6, 6.07) is 29.2. The van der Waals surface area contributed by atoms with Crippen molar-refractivity contribution < 1.29 is 18.7 Å². The van der Waals surface area contributed by atoms with Crippen molar-refractivity contribution in [2.24, 2.45) is 0 Å². The summed E-state index contributed by atoms with van der Waals surface area (Å²) in [5.74, 6) is 0.875. The van der Waals surface area contributed by atoms with Crippen LogP contribution in [0.4, 0.5) is 4.39 Å². The third-order valence-corrected chi connectivity index (χ3v) is 5.70. The minimum atomic E-state index is -0.307. The third-order valence-electron chi connectivity index (χ3n) is 5.70. The molecule has 35 heavy (non-hydrogen) atoms. The zero-order chi connectivity index (χ0) is 24.6. The molecule has 0 spiro atoms. The highest BCUT2D eigenvalue weighted by atomic mass is 19.1. The van der Waals surface area contributed by atoms with Gasteiger partial charge in [0.2, 0.25) is 0 Å². The minimum Gasteiger partial charge on any atom is -0.493 e. The van der Waals surface area contributed by atoms with Crippen LogP contribution in [0.2, 0.25) is 0 Å². The second-order valence-corrected chi connectivity index (χ2v) is 8.18. The van der Waals surface area contributed by atoms with Gasteiger partial charge in [0.25, 0.3) is 5.91 Å². The first-order valence-corrected chi connectivity index (χ1v) is 11.6. The van der Waals surface area contributed by atoms with E-state index in [4.69, 9.17) is 9.47 Å². The van der Waals surface area contributed by atoms with E-state index in [1.54, 1.807) is 30.3 Å². The topological polar surface area (TPSA) is 47.6 Å². The Morgan fingerprint density at radius 3 is 2.23 bits per heavy atom. The van der Waals surface area contributed by atoms with E-state index in [2.05, 4.69) is 17.4 Å². The van der Waals surface area contributed by atoms with Gasteiger partial charge < -0.3 is 14.8 Å². The number of hydrogen-bond acceptors (Lipinski definition) is 3. The molecule has 0 radical (unpaired) electrons. The molecule has 1 amide bonds. The lowest BCUT2D eigenvalue weighted by Crippen LogP contribution is -2.26. The molecule has 1 unspecified atom stereocenters. The summed E-state index contributed by atoms with van der Waals surface area (Å²) in [6.45, 7) is 4.54. The Bertz CT molecular complexity index is 1260. The lowest BCUT2D eigenvalue weighted by Gasteiger charge is -2.16. The first-order chi connectivity index (χ1) is 17.0. The highest BCUT2D eigenvalue weighted by molar-refractivity contribution is 5.94. The zero-order valence-electron chi connectivity index (χ0n) is 19.8. The highest BCUT2D eigenvalue weighted by Crippen LogP contribution is 2.26. The molecule has 1 atom stereocenters. The molecule has 178 valence electrons. The van der Waals surface area contributed by atoms with Crippen molar-refractivity contribution >= 4 is 5.91 Å². The second kappa shape index (κ2) is 11.3. The molecule has 4 aromatic rings. The van der Waals surface area contributed by atoms with Gasteiger partial charge >= 0.3 is 0 Å². The molecule has 0 aromatic heterocycles. The van der Waals surface area contributed by atoms with Crippen LogP contribution in [0.3, 0.4) is 0 Å². The van der Waals surface area contributed by atoms with Gasteiger partial charge in [0.15, 0.2) is 0 Å². The van der Waals surface area contributed by atoms with Crippen LogP contribution in [0.25, 0.3) is 11.1 Å². The zero-order valence-corrected chi connectivity index (χ0v) is 19.8. The molecule has 0 bridgehead atoms. The van der Waals surface area contributed by atoms with E-state index < -0.39 is 0 Å². The summed E-state index contributed by atoms with van der Waals surface area (Å²) in [4.78, 5) is 12.9. The van der Waals surface area contributed by atoms with Gasteiger partial charge in [-0.3, -0.25) is 4.79 Å². The molecule has 0 heterocycles.